The molecule has 0 bridgehead atoms. The van der Waals surface area contributed by atoms with Gasteiger partial charge in [-0.25, -0.2) is 5.01 Å². The van der Waals surface area contributed by atoms with Crippen molar-refractivity contribution in [2.75, 3.05) is 13.1 Å². The number of hydrogen-bond donors (Lipinski definition) is 2. The summed E-state index contributed by atoms with van der Waals surface area (Å²) < 4.78 is 0. The minimum atomic E-state index is -0.429. The van der Waals surface area contributed by atoms with Gasteiger partial charge in [0.25, 0.3) is 5.69 Å². The van der Waals surface area contributed by atoms with Crippen LogP contribution in [-0.4, -0.2) is 35.0 Å². The van der Waals surface area contributed by atoms with Gasteiger partial charge in [0.05, 0.1) is 4.92 Å². The van der Waals surface area contributed by atoms with E-state index in [0.29, 0.717) is 13.0 Å². The molecule has 1 fully saturated rings. The Hall–Kier alpha value is -1.99. The molecule has 0 radical (unpaired) electrons. The predicted molar refractivity (Wildman–Crippen MR) is 73.7 cm³/mol. The van der Waals surface area contributed by atoms with E-state index in [-0.39, 0.29) is 17.6 Å². The maximum atomic E-state index is 11.9. The molecule has 1 amide bonds. The lowest BCUT2D eigenvalue weighted by Crippen LogP contribution is -2.46. The zero-order chi connectivity index (χ0) is 14.5. The topological polar surface area (TPSA) is 102 Å². The van der Waals surface area contributed by atoms with Crippen molar-refractivity contribution in [2.24, 2.45) is 5.84 Å². The number of non-ortho nitro benzene ring substituents is 1. The summed E-state index contributed by atoms with van der Waals surface area (Å²) in [5.41, 5.74) is 1.02. The van der Waals surface area contributed by atoms with Crippen LogP contribution in [0.25, 0.3) is 0 Å². The third-order valence-electron chi connectivity index (χ3n) is 3.46. The highest BCUT2D eigenvalue weighted by Crippen LogP contribution is 2.13. The summed E-state index contributed by atoms with van der Waals surface area (Å²) in [5.74, 6) is 5.67. The van der Waals surface area contributed by atoms with Crippen LogP contribution >= 0.6 is 0 Å². The highest BCUT2D eigenvalue weighted by Gasteiger charge is 2.27. The van der Waals surface area contributed by atoms with Gasteiger partial charge in [-0.05, 0) is 24.8 Å². The standard InChI is InChI=1S/C13H18N4O3/c14-16-9-1-2-12(16)13(18)15-8-7-10-3-5-11(6-4-10)17(19)20/h3-6,12H,1-2,7-9,14H2,(H,15,18). The second-order valence-electron chi connectivity index (χ2n) is 4.86. The number of carbonyl (C=O) groups is 1. The van der Waals surface area contributed by atoms with Gasteiger partial charge in [0.15, 0.2) is 0 Å². The Kier molecular flexibility index (Phi) is 4.65. The molecule has 2 rings (SSSR count). The number of amides is 1. The summed E-state index contributed by atoms with van der Waals surface area (Å²) >= 11 is 0. The van der Waals surface area contributed by atoms with Crippen molar-refractivity contribution in [2.45, 2.75) is 25.3 Å². The number of nitrogens with zero attached hydrogens (tertiary/aromatic N) is 2. The average Bonchev–Trinajstić information content (AvgIpc) is 2.85. The van der Waals surface area contributed by atoms with Crippen molar-refractivity contribution in [3.8, 4) is 0 Å². The van der Waals surface area contributed by atoms with Gasteiger partial charge in [-0.15, -0.1) is 0 Å². The molecule has 1 aromatic rings. The van der Waals surface area contributed by atoms with E-state index >= 15 is 0 Å². The number of rotatable bonds is 5. The quantitative estimate of drug-likeness (QED) is 0.466. The predicted octanol–water partition coefficient (Wildman–Crippen LogP) is 0.592. The summed E-state index contributed by atoms with van der Waals surface area (Å²) in [6, 6.07) is 6.11. The van der Waals surface area contributed by atoms with E-state index in [1.54, 1.807) is 17.1 Å². The second kappa shape index (κ2) is 6.44. The number of nitro benzene ring substituents is 1. The van der Waals surface area contributed by atoms with Crippen LogP contribution in [0.1, 0.15) is 18.4 Å². The Balaban J connectivity index is 1.78. The van der Waals surface area contributed by atoms with Gasteiger partial charge in [-0.1, -0.05) is 12.1 Å². The lowest BCUT2D eigenvalue weighted by molar-refractivity contribution is -0.384. The van der Waals surface area contributed by atoms with E-state index in [0.717, 1.165) is 24.9 Å². The van der Waals surface area contributed by atoms with Crippen LogP contribution in [0.5, 0.6) is 0 Å². The van der Waals surface area contributed by atoms with E-state index in [2.05, 4.69) is 5.32 Å². The fourth-order valence-electron chi connectivity index (χ4n) is 2.30. The molecule has 1 atom stereocenters. The molecule has 0 aliphatic carbocycles. The van der Waals surface area contributed by atoms with E-state index < -0.39 is 4.92 Å². The third-order valence-corrected chi connectivity index (χ3v) is 3.46. The molecule has 0 spiro atoms. The average molecular weight is 278 g/mol. The van der Waals surface area contributed by atoms with Gasteiger partial charge in [-0.3, -0.25) is 20.8 Å². The van der Waals surface area contributed by atoms with Crippen LogP contribution in [-0.2, 0) is 11.2 Å². The number of carbonyl (C=O) groups excluding carboxylic acids is 1. The van der Waals surface area contributed by atoms with E-state index in [1.165, 1.54) is 12.1 Å². The number of nitrogens with two attached hydrogens (primary N) is 1. The number of benzene rings is 1. The van der Waals surface area contributed by atoms with Crippen molar-refractivity contribution in [1.82, 2.24) is 10.3 Å². The van der Waals surface area contributed by atoms with Crippen molar-refractivity contribution in [3.63, 3.8) is 0 Å². The van der Waals surface area contributed by atoms with Crippen LogP contribution in [0, 0.1) is 10.1 Å². The van der Waals surface area contributed by atoms with Gasteiger partial charge in [-0.2, -0.15) is 0 Å². The summed E-state index contributed by atoms with van der Waals surface area (Å²) in [7, 11) is 0. The number of nitro groups is 1. The SMILES string of the molecule is NN1CCCC1C(=O)NCCc1ccc([N+](=O)[O-])cc1. The monoisotopic (exact) mass is 278 g/mol. The smallest absolute Gasteiger partial charge is 0.269 e. The zero-order valence-electron chi connectivity index (χ0n) is 11.1. The highest BCUT2D eigenvalue weighted by molar-refractivity contribution is 5.81. The van der Waals surface area contributed by atoms with Gasteiger partial charge in [0.2, 0.25) is 5.91 Å². The first-order valence-electron chi connectivity index (χ1n) is 6.60. The van der Waals surface area contributed by atoms with Gasteiger partial charge in [0, 0.05) is 25.2 Å². The number of hydrogen-bond acceptors (Lipinski definition) is 5. The fourth-order valence-corrected chi connectivity index (χ4v) is 2.30. The Morgan fingerprint density at radius 1 is 1.45 bits per heavy atom. The first-order valence-corrected chi connectivity index (χ1v) is 6.60. The van der Waals surface area contributed by atoms with Crippen LogP contribution < -0.4 is 11.2 Å². The number of nitrogens with one attached hydrogen (secondary N) is 1. The summed E-state index contributed by atoms with van der Waals surface area (Å²) in [6.45, 7) is 1.25. The number of hydrazine groups is 1. The van der Waals surface area contributed by atoms with E-state index in [1.807, 2.05) is 0 Å². The molecular formula is C13H18N4O3. The molecule has 7 nitrogen and oxygen atoms in total. The molecule has 1 aliphatic heterocycles. The largest absolute Gasteiger partial charge is 0.354 e. The Morgan fingerprint density at radius 2 is 2.15 bits per heavy atom. The molecule has 0 aromatic heterocycles. The van der Waals surface area contributed by atoms with Gasteiger partial charge in [0.1, 0.15) is 6.04 Å². The van der Waals surface area contributed by atoms with Crippen LogP contribution in [0.3, 0.4) is 0 Å². The van der Waals surface area contributed by atoms with Gasteiger partial charge >= 0.3 is 0 Å². The molecule has 7 heteroatoms. The van der Waals surface area contributed by atoms with Gasteiger partial charge < -0.3 is 5.32 Å². The molecule has 1 aliphatic rings. The van der Waals surface area contributed by atoms with Crippen LogP contribution in [0.15, 0.2) is 24.3 Å². The lowest BCUT2D eigenvalue weighted by Gasteiger charge is -2.18. The van der Waals surface area contributed by atoms with Crippen LogP contribution in [0.4, 0.5) is 5.69 Å². The Morgan fingerprint density at radius 3 is 2.70 bits per heavy atom. The minimum Gasteiger partial charge on any atom is -0.354 e. The molecule has 20 heavy (non-hydrogen) atoms. The molecule has 1 aromatic carbocycles. The van der Waals surface area contributed by atoms with E-state index in [4.69, 9.17) is 5.84 Å². The second-order valence-corrected chi connectivity index (χ2v) is 4.86. The molecule has 3 N–H and O–H groups in total. The summed E-state index contributed by atoms with van der Waals surface area (Å²) in [6.07, 6.45) is 2.37. The van der Waals surface area contributed by atoms with Crippen molar-refractivity contribution in [3.05, 3.63) is 39.9 Å². The molecule has 1 heterocycles. The first-order chi connectivity index (χ1) is 9.58. The zero-order valence-corrected chi connectivity index (χ0v) is 11.1. The lowest BCUT2D eigenvalue weighted by atomic mass is 10.1. The van der Waals surface area contributed by atoms with Crippen molar-refractivity contribution < 1.29 is 9.72 Å². The third kappa shape index (κ3) is 3.52. The summed E-state index contributed by atoms with van der Waals surface area (Å²) in [4.78, 5) is 22.0. The van der Waals surface area contributed by atoms with Crippen molar-refractivity contribution in [1.29, 1.82) is 0 Å². The molecule has 1 saturated heterocycles. The summed E-state index contributed by atoms with van der Waals surface area (Å²) in [5, 5.41) is 14.9. The molecule has 0 saturated carbocycles. The molecule has 108 valence electrons. The van der Waals surface area contributed by atoms with Crippen LogP contribution in [0.2, 0.25) is 0 Å². The first kappa shape index (κ1) is 14.4. The maximum absolute atomic E-state index is 11.9. The molecular weight excluding hydrogens is 260 g/mol. The Labute approximate surface area is 116 Å². The minimum absolute atomic E-state index is 0.0492. The maximum Gasteiger partial charge on any atom is 0.269 e. The van der Waals surface area contributed by atoms with Crippen molar-refractivity contribution >= 4 is 11.6 Å². The van der Waals surface area contributed by atoms with E-state index in [9.17, 15) is 14.9 Å². The fraction of sp³-hybridized carbons (Fsp3) is 0.462. The highest BCUT2D eigenvalue weighted by atomic mass is 16.6. The molecule has 1 unspecified atom stereocenters. The normalized spacial score (nSPS) is 18.9. The Bertz CT molecular complexity index is 489.